The molecule has 3 aromatic carbocycles. The van der Waals surface area contributed by atoms with Gasteiger partial charge in [0.1, 0.15) is 17.6 Å². The minimum atomic E-state index is -0.368. The van der Waals surface area contributed by atoms with E-state index in [9.17, 15) is 4.79 Å². The first-order valence-corrected chi connectivity index (χ1v) is 10.7. The Kier molecular flexibility index (Phi) is 8.36. The molecule has 0 heterocycles. The van der Waals surface area contributed by atoms with Gasteiger partial charge in [0.15, 0.2) is 0 Å². The zero-order valence-corrected chi connectivity index (χ0v) is 19.2. The van der Waals surface area contributed by atoms with Crippen LogP contribution in [0.4, 0.5) is 16.2 Å². The SMILES string of the molecule is COc1ccc(NC(=O)Nc2ccc(OC(CCN(C)C)c3ccccc3)cc2)cc1Cl. The van der Waals surface area contributed by atoms with Crippen molar-refractivity contribution in [2.45, 2.75) is 12.5 Å². The summed E-state index contributed by atoms with van der Waals surface area (Å²) in [7, 11) is 5.64. The molecule has 0 aromatic heterocycles. The quantitative estimate of drug-likeness (QED) is 0.413. The standard InChI is InChI=1S/C25H28ClN3O3/c1-29(2)16-15-23(18-7-5-4-6-8-18)32-21-12-9-19(10-13-21)27-25(30)28-20-11-14-24(31-3)22(26)17-20/h4-14,17,23H,15-16H2,1-3H3,(H2,27,28,30). The molecule has 0 saturated carbocycles. The van der Waals surface area contributed by atoms with E-state index in [2.05, 4.69) is 27.7 Å². The van der Waals surface area contributed by atoms with Crippen LogP contribution >= 0.6 is 11.6 Å². The number of amides is 2. The van der Waals surface area contributed by atoms with Crippen LogP contribution in [0.1, 0.15) is 18.1 Å². The first-order valence-electron chi connectivity index (χ1n) is 10.3. The van der Waals surface area contributed by atoms with Gasteiger partial charge in [0.05, 0.1) is 12.1 Å². The zero-order chi connectivity index (χ0) is 22.9. The molecule has 1 unspecified atom stereocenters. The van der Waals surface area contributed by atoms with E-state index in [-0.39, 0.29) is 12.1 Å². The first kappa shape index (κ1) is 23.4. The molecule has 0 radical (unpaired) electrons. The Morgan fingerprint density at radius 2 is 1.62 bits per heavy atom. The highest BCUT2D eigenvalue weighted by Gasteiger charge is 2.14. The molecular formula is C25H28ClN3O3. The molecule has 0 aliphatic rings. The maximum Gasteiger partial charge on any atom is 0.323 e. The van der Waals surface area contributed by atoms with Crippen LogP contribution in [0, 0.1) is 0 Å². The smallest absolute Gasteiger partial charge is 0.323 e. The maximum absolute atomic E-state index is 12.3. The molecule has 2 N–H and O–H groups in total. The molecule has 0 aliphatic heterocycles. The summed E-state index contributed by atoms with van der Waals surface area (Å²) in [6.07, 6.45) is 0.810. The topological polar surface area (TPSA) is 62.8 Å². The van der Waals surface area contributed by atoms with Crippen molar-refractivity contribution in [2.75, 3.05) is 38.4 Å². The fraction of sp³-hybridized carbons (Fsp3) is 0.240. The number of ether oxygens (including phenoxy) is 2. The van der Waals surface area contributed by atoms with Crippen molar-refractivity contribution in [2.24, 2.45) is 0 Å². The minimum Gasteiger partial charge on any atom is -0.495 e. The summed E-state index contributed by atoms with van der Waals surface area (Å²) in [6, 6.07) is 22.2. The molecule has 168 valence electrons. The van der Waals surface area contributed by atoms with Gasteiger partial charge in [-0.1, -0.05) is 41.9 Å². The summed E-state index contributed by atoms with van der Waals surface area (Å²) < 4.78 is 11.4. The molecule has 6 nitrogen and oxygen atoms in total. The molecule has 0 aliphatic carbocycles. The van der Waals surface area contributed by atoms with Crippen molar-refractivity contribution in [1.82, 2.24) is 4.90 Å². The Bertz CT molecular complexity index is 1010. The molecule has 3 rings (SSSR count). The van der Waals surface area contributed by atoms with Gasteiger partial charge in [0.2, 0.25) is 0 Å². The minimum absolute atomic E-state index is 0.0551. The fourth-order valence-corrected chi connectivity index (χ4v) is 3.41. The average molecular weight is 454 g/mol. The monoisotopic (exact) mass is 453 g/mol. The van der Waals surface area contributed by atoms with Gasteiger partial charge in [-0.15, -0.1) is 0 Å². The normalized spacial score (nSPS) is 11.7. The van der Waals surface area contributed by atoms with Crippen molar-refractivity contribution in [3.05, 3.63) is 83.4 Å². The number of rotatable bonds is 9. The number of methoxy groups -OCH3 is 1. The summed E-state index contributed by atoms with van der Waals surface area (Å²) in [5.41, 5.74) is 2.35. The van der Waals surface area contributed by atoms with Crippen LogP contribution in [0.2, 0.25) is 5.02 Å². The van der Waals surface area contributed by atoms with E-state index < -0.39 is 0 Å². The number of hydrogen-bond donors (Lipinski definition) is 2. The third-order valence-corrected chi connectivity index (χ3v) is 5.11. The number of benzene rings is 3. The van der Waals surface area contributed by atoms with Gasteiger partial charge < -0.3 is 25.0 Å². The second kappa shape index (κ2) is 11.4. The van der Waals surface area contributed by atoms with Crippen LogP contribution in [0.15, 0.2) is 72.8 Å². The summed E-state index contributed by atoms with van der Waals surface area (Å²) >= 11 is 6.10. The Morgan fingerprint density at radius 3 is 2.25 bits per heavy atom. The number of carbonyl (C=O) groups excluding carboxylic acids is 1. The first-order chi connectivity index (χ1) is 15.4. The highest BCUT2D eigenvalue weighted by atomic mass is 35.5. The fourth-order valence-electron chi connectivity index (χ4n) is 3.16. The molecule has 32 heavy (non-hydrogen) atoms. The van der Waals surface area contributed by atoms with E-state index in [1.54, 1.807) is 25.3 Å². The summed E-state index contributed by atoms with van der Waals surface area (Å²) in [4.78, 5) is 14.5. The molecular weight excluding hydrogens is 426 g/mol. The lowest BCUT2D eigenvalue weighted by atomic mass is 10.1. The number of urea groups is 1. The van der Waals surface area contributed by atoms with Gasteiger partial charge in [0.25, 0.3) is 0 Å². The zero-order valence-electron chi connectivity index (χ0n) is 18.5. The predicted molar refractivity (Wildman–Crippen MR) is 130 cm³/mol. The van der Waals surface area contributed by atoms with Crippen LogP contribution < -0.4 is 20.1 Å². The lowest BCUT2D eigenvalue weighted by Crippen LogP contribution is -2.19. The lowest BCUT2D eigenvalue weighted by molar-refractivity contribution is 0.179. The number of anilines is 2. The van der Waals surface area contributed by atoms with Gasteiger partial charge in [0, 0.05) is 24.3 Å². The van der Waals surface area contributed by atoms with Gasteiger partial charge in [-0.25, -0.2) is 4.79 Å². The molecule has 1 atom stereocenters. The number of halogens is 1. The Labute approximate surface area is 194 Å². The van der Waals surface area contributed by atoms with E-state index in [1.165, 1.54) is 0 Å². The Balaban J connectivity index is 1.60. The van der Waals surface area contributed by atoms with E-state index in [1.807, 2.05) is 56.6 Å². The van der Waals surface area contributed by atoms with Crippen LogP contribution in [0.3, 0.4) is 0 Å². The van der Waals surface area contributed by atoms with Crippen LogP contribution in [-0.2, 0) is 0 Å². The molecule has 0 spiro atoms. The van der Waals surface area contributed by atoms with Crippen LogP contribution in [0.5, 0.6) is 11.5 Å². The molecule has 0 fully saturated rings. The van der Waals surface area contributed by atoms with Crippen molar-refractivity contribution < 1.29 is 14.3 Å². The molecule has 3 aromatic rings. The van der Waals surface area contributed by atoms with Crippen LogP contribution in [0.25, 0.3) is 0 Å². The van der Waals surface area contributed by atoms with Crippen molar-refractivity contribution in [3.8, 4) is 11.5 Å². The molecule has 0 bridgehead atoms. The van der Waals surface area contributed by atoms with Gasteiger partial charge in [-0.05, 0) is 62.1 Å². The molecule has 2 amide bonds. The lowest BCUT2D eigenvalue weighted by Gasteiger charge is -2.21. The Morgan fingerprint density at radius 1 is 0.969 bits per heavy atom. The van der Waals surface area contributed by atoms with Gasteiger partial charge in [-0.3, -0.25) is 0 Å². The van der Waals surface area contributed by atoms with Gasteiger partial charge >= 0.3 is 6.03 Å². The van der Waals surface area contributed by atoms with Gasteiger partial charge in [-0.2, -0.15) is 0 Å². The summed E-state index contributed by atoms with van der Waals surface area (Å²) in [6.45, 7) is 0.911. The summed E-state index contributed by atoms with van der Waals surface area (Å²) in [5, 5.41) is 5.98. The number of hydrogen-bond acceptors (Lipinski definition) is 4. The number of carbonyl (C=O) groups is 1. The number of nitrogens with zero attached hydrogens (tertiary/aromatic N) is 1. The largest absolute Gasteiger partial charge is 0.495 e. The highest BCUT2D eigenvalue weighted by Crippen LogP contribution is 2.28. The summed E-state index contributed by atoms with van der Waals surface area (Å²) in [5.74, 6) is 1.29. The average Bonchev–Trinajstić information content (AvgIpc) is 2.78. The Hall–Kier alpha value is -3.22. The van der Waals surface area contributed by atoms with Crippen molar-refractivity contribution in [3.63, 3.8) is 0 Å². The third kappa shape index (κ3) is 6.90. The molecule has 0 saturated heterocycles. The van der Waals surface area contributed by atoms with Crippen molar-refractivity contribution >= 4 is 29.0 Å². The number of nitrogens with one attached hydrogen (secondary N) is 2. The van der Waals surface area contributed by atoms with E-state index in [0.29, 0.717) is 22.1 Å². The second-order valence-electron chi connectivity index (χ2n) is 7.56. The molecule has 7 heteroatoms. The maximum atomic E-state index is 12.3. The van der Waals surface area contributed by atoms with E-state index in [0.717, 1.165) is 24.3 Å². The van der Waals surface area contributed by atoms with Crippen molar-refractivity contribution in [1.29, 1.82) is 0 Å². The third-order valence-electron chi connectivity index (χ3n) is 4.81. The van der Waals surface area contributed by atoms with Crippen LogP contribution in [-0.4, -0.2) is 38.7 Å². The van der Waals surface area contributed by atoms with E-state index >= 15 is 0 Å². The highest BCUT2D eigenvalue weighted by molar-refractivity contribution is 6.32. The van der Waals surface area contributed by atoms with E-state index in [4.69, 9.17) is 21.1 Å². The predicted octanol–water partition coefficient (Wildman–Crippen LogP) is 6.06. The second-order valence-corrected chi connectivity index (χ2v) is 7.97.